The van der Waals surface area contributed by atoms with Crippen LogP contribution < -0.4 is 9.62 Å². The Bertz CT molecular complexity index is 1150. The number of nitrogens with one attached hydrogen (secondary N) is 1. The Morgan fingerprint density at radius 2 is 1.84 bits per heavy atom. The molecule has 0 unspecified atom stereocenters. The highest BCUT2D eigenvalue weighted by Gasteiger charge is 2.25. The molecule has 2 aromatic carbocycles. The van der Waals surface area contributed by atoms with Crippen LogP contribution in [0.5, 0.6) is 0 Å². The second-order valence-electron chi connectivity index (χ2n) is 7.05. The highest BCUT2D eigenvalue weighted by molar-refractivity contribution is 7.89. The van der Waals surface area contributed by atoms with Crippen molar-refractivity contribution in [2.45, 2.75) is 11.4 Å². The molecule has 0 bridgehead atoms. The minimum Gasteiger partial charge on any atom is -0.345 e. The molecule has 0 saturated carbocycles. The zero-order chi connectivity index (χ0) is 21.8. The minimum absolute atomic E-state index is 0.0747. The van der Waals surface area contributed by atoms with Crippen molar-refractivity contribution in [2.75, 3.05) is 31.1 Å². The van der Waals surface area contributed by atoms with E-state index in [1.54, 1.807) is 28.5 Å². The van der Waals surface area contributed by atoms with Crippen molar-refractivity contribution in [1.29, 1.82) is 0 Å². The topological polar surface area (TPSA) is 82.6 Å². The van der Waals surface area contributed by atoms with Crippen molar-refractivity contribution in [3.8, 4) is 0 Å². The van der Waals surface area contributed by atoms with E-state index in [0.29, 0.717) is 31.7 Å². The summed E-state index contributed by atoms with van der Waals surface area (Å²) in [6.45, 7) is 2.56. The van der Waals surface area contributed by atoms with Gasteiger partial charge in [-0.1, -0.05) is 41.9 Å². The molecule has 7 nitrogen and oxygen atoms in total. The molecule has 1 N–H and O–H groups in total. The van der Waals surface area contributed by atoms with Crippen LogP contribution in [0.15, 0.2) is 65.0 Å². The summed E-state index contributed by atoms with van der Waals surface area (Å²) in [5.74, 6) is -0.213. The van der Waals surface area contributed by atoms with Crippen molar-refractivity contribution < 1.29 is 13.2 Å². The van der Waals surface area contributed by atoms with Crippen LogP contribution in [-0.4, -0.2) is 50.4 Å². The fraction of sp³-hybridized carbons (Fsp3) is 0.238. The Hall–Kier alpha value is -2.46. The summed E-state index contributed by atoms with van der Waals surface area (Å²) in [5.41, 5.74) is 1.12. The van der Waals surface area contributed by atoms with E-state index in [9.17, 15) is 13.2 Å². The van der Waals surface area contributed by atoms with E-state index in [1.807, 2.05) is 35.7 Å². The molecular weight excluding hydrogens is 456 g/mol. The number of amides is 1. The van der Waals surface area contributed by atoms with Gasteiger partial charge in [0.15, 0.2) is 5.13 Å². The molecule has 1 amide bonds. The van der Waals surface area contributed by atoms with Gasteiger partial charge in [-0.2, -0.15) is 0 Å². The number of sulfonamides is 1. The van der Waals surface area contributed by atoms with Crippen molar-refractivity contribution >= 4 is 44.0 Å². The van der Waals surface area contributed by atoms with E-state index < -0.39 is 10.0 Å². The number of benzene rings is 2. The monoisotopic (exact) mass is 476 g/mol. The third-order valence-corrected chi connectivity index (χ3v) is 7.75. The molecule has 10 heteroatoms. The third-order valence-electron chi connectivity index (χ3n) is 5.03. The van der Waals surface area contributed by atoms with Gasteiger partial charge < -0.3 is 9.80 Å². The third kappa shape index (κ3) is 5.07. The van der Waals surface area contributed by atoms with Gasteiger partial charge in [-0.15, -0.1) is 11.3 Å². The van der Waals surface area contributed by atoms with Crippen molar-refractivity contribution in [1.82, 2.24) is 14.6 Å². The fourth-order valence-electron chi connectivity index (χ4n) is 3.35. The minimum atomic E-state index is -3.88. The molecule has 0 atom stereocenters. The average molecular weight is 477 g/mol. The van der Waals surface area contributed by atoms with Crippen LogP contribution in [-0.2, 0) is 16.6 Å². The number of piperazine rings is 1. The first kappa shape index (κ1) is 21.8. The van der Waals surface area contributed by atoms with Gasteiger partial charge in [-0.05, 0) is 23.8 Å². The van der Waals surface area contributed by atoms with Crippen LogP contribution in [0.25, 0.3) is 0 Å². The van der Waals surface area contributed by atoms with Crippen molar-refractivity contribution in [2.24, 2.45) is 0 Å². The normalized spacial score (nSPS) is 14.6. The van der Waals surface area contributed by atoms with E-state index in [-0.39, 0.29) is 22.4 Å². The first-order chi connectivity index (χ1) is 14.9. The summed E-state index contributed by atoms with van der Waals surface area (Å²) in [4.78, 5) is 21.1. The lowest BCUT2D eigenvalue weighted by Crippen LogP contribution is -2.48. The number of nitrogens with zero attached hydrogens (tertiary/aromatic N) is 3. The zero-order valence-electron chi connectivity index (χ0n) is 16.6. The number of aromatic nitrogens is 1. The molecule has 4 rings (SSSR count). The number of anilines is 1. The molecular formula is C21H21ClN4O3S2. The van der Waals surface area contributed by atoms with Gasteiger partial charge in [0.25, 0.3) is 5.91 Å². The van der Waals surface area contributed by atoms with Gasteiger partial charge in [0.1, 0.15) is 4.90 Å². The van der Waals surface area contributed by atoms with E-state index in [0.717, 1.165) is 10.7 Å². The van der Waals surface area contributed by atoms with Crippen LogP contribution in [0.3, 0.4) is 0 Å². The first-order valence-electron chi connectivity index (χ1n) is 9.71. The SMILES string of the molecule is O=C(c1ccc(Cl)c(S(=O)(=O)NCc2ccccc2)c1)N1CCN(c2nccs2)CC1. The average Bonchev–Trinajstić information content (AvgIpc) is 3.33. The van der Waals surface area contributed by atoms with Gasteiger partial charge in [-0.3, -0.25) is 4.79 Å². The van der Waals surface area contributed by atoms with E-state index in [2.05, 4.69) is 14.6 Å². The number of hydrogen-bond acceptors (Lipinski definition) is 6. The van der Waals surface area contributed by atoms with Gasteiger partial charge in [0.2, 0.25) is 10.0 Å². The standard InChI is InChI=1S/C21H21ClN4O3S2/c22-18-7-6-17(14-19(18)31(28,29)24-15-16-4-2-1-3-5-16)20(27)25-9-11-26(12-10-25)21-23-8-13-30-21/h1-8,13-14,24H,9-12,15H2. The maximum atomic E-state index is 13.0. The number of rotatable bonds is 6. The maximum absolute atomic E-state index is 13.0. The van der Waals surface area contributed by atoms with Gasteiger partial charge in [0, 0.05) is 49.9 Å². The number of hydrogen-bond donors (Lipinski definition) is 1. The highest BCUT2D eigenvalue weighted by atomic mass is 35.5. The molecule has 3 aromatic rings. The zero-order valence-corrected chi connectivity index (χ0v) is 19.0. The molecule has 1 aliphatic heterocycles. The number of carbonyl (C=O) groups is 1. The molecule has 0 aliphatic carbocycles. The summed E-state index contributed by atoms with van der Waals surface area (Å²) in [7, 11) is -3.88. The lowest BCUT2D eigenvalue weighted by Gasteiger charge is -2.34. The quantitative estimate of drug-likeness (QED) is 0.590. The second-order valence-corrected chi connectivity index (χ2v) is 10.1. The van der Waals surface area contributed by atoms with E-state index >= 15 is 0 Å². The molecule has 1 aliphatic rings. The summed E-state index contributed by atoms with van der Waals surface area (Å²) in [6, 6.07) is 13.6. The Morgan fingerprint density at radius 3 is 2.52 bits per heavy atom. The van der Waals surface area contributed by atoms with Crippen molar-refractivity contribution in [3.63, 3.8) is 0 Å². The lowest BCUT2D eigenvalue weighted by molar-refractivity contribution is 0.0746. The Labute approximate surface area is 190 Å². The number of thiazole rings is 1. The van der Waals surface area contributed by atoms with Gasteiger partial charge in [-0.25, -0.2) is 18.1 Å². The number of halogens is 1. The largest absolute Gasteiger partial charge is 0.345 e. The molecule has 1 fully saturated rings. The van der Waals surface area contributed by atoms with Gasteiger partial charge >= 0.3 is 0 Å². The molecule has 2 heterocycles. The van der Waals surface area contributed by atoms with Crippen LogP contribution in [0.1, 0.15) is 15.9 Å². The smallest absolute Gasteiger partial charge is 0.254 e. The Kier molecular flexibility index (Phi) is 6.57. The molecule has 1 aromatic heterocycles. The summed E-state index contributed by atoms with van der Waals surface area (Å²) < 4.78 is 28.2. The molecule has 0 spiro atoms. The fourth-order valence-corrected chi connectivity index (χ4v) is 5.59. The summed E-state index contributed by atoms with van der Waals surface area (Å²) in [5, 5.41) is 2.94. The molecule has 31 heavy (non-hydrogen) atoms. The van der Waals surface area contributed by atoms with Crippen LogP contribution in [0.2, 0.25) is 5.02 Å². The van der Waals surface area contributed by atoms with Crippen LogP contribution >= 0.6 is 22.9 Å². The predicted octanol–water partition coefficient (Wildman–Crippen LogP) is 3.24. The van der Waals surface area contributed by atoms with Crippen LogP contribution in [0, 0.1) is 0 Å². The second kappa shape index (κ2) is 9.35. The molecule has 162 valence electrons. The van der Waals surface area contributed by atoms with Crippen LogP contribution in [0.4, 0.5) is 5.13 Å². The van der Waals surface area contributed by atoms with E-state index in [4.69, 9.17) is 11.6 Å². The maximum Gasteiger partial charge on any atom is 0.254 e. The highest BCUT2D eigenvalue weighted by Crippen LogP contribution is 2.25. The lowest BCUT2D eigenvalue weighted by atomic mass is 10.2. The number of carbonyl (C=O) groups excluding carboxylic acids is 1. The Morgan fingerprint density at radius 1 is 1.10 bits per heavy atom. The Balaban J connectivity index is 1.46. The van der Waals surface area contributed by atoms with E-state index in [1.165, 1.54) is 12.1 Å². The summed E-state index contributed by atoms with van der Waals surface area (Å²) in [6.07, 6.45) is 1.76. The molecule has 0 radical (unpaired) electrons. The van der Waals surface area contributed by atoms with Gasteiger partial charge in [0.05, 0.1) is 5.02 Å². The molecule has 1 saturated heterocycles. The summed E-state index contributed by atoms with van der Waals surface area (Å²) >= 11 is 7.74. The predicted molar refractivity (Wildman–Crippen MR) is 122 cm³/mol. The van der Waals surface area contributed by atoms with Crippen molar-refractivity contribution in [3.05, 3.63) is 76.3 Å². The first-order valence-corrected chi connectivity index (χ1v) is 12.4.